The summed E-state index contributed by atoms with van der Waals surface area (Å²) >= 11 is 0. The van der Waals surface area contributed by atoms with Crippen LogP contribution in [0.2, 0.25) is 0 Å². The molecule has 0 aliphatic heterocycles. The van der Waals surface area contributed by atoms with Gasteiger partial charge in [-0.2, -0.15) is 0 Å². The van der Waals surface area contributed by atoms with Gasteiger partial charge in [-0.15, -0.1) is 0 Å². The topological polar surface area (TPSA) is 17.1 Å². The van der Waals surface area contributed by atoms with Gasteiger partial charge in [0.1, 0.15) is 5.78 Å². The molecule has 0 bridgehead atoms. The number of rotatable bonds is 3. The average Bonchev–Trinajstić information content (AvgIpc) is 2.05. The van der Waals surface area contributed by atoms with Gasteiger partial charge in [-0.25, -0.2) is 0 Å². The minimum absolute atomic E-state index is 0.235. The smallest absolute Gasteiger partial charge is 0.135 e. The summed E-state index contributed by atoms with van der Waals surface area (Å²) in [5.74, 6) is 0.247. The van der Waals surface area contributed by atoms with E-state index in [0.29, 0.717) is 0 Å². The Hall–Kier alpha value is -1.11. The highest BCUT2D eigenvalue weighted by Crippen LogP contribution is 2.22. The zero-order valence-electron chi connectivity index (χ0n) is 8.50. The number of hydrogen-bond acceptors (Lipinski definition) is 1. The Morgan fingerprint density at radius 1 is 1.23 bits per heavy atom. The second-order valence-electron chi connectivity index (χ2n) is 4.10. The van der Waals surface area contributed by atoms with Gasteiger partial charge in [0.25, 0.3) is 0 Å². The van der Waals surface area contributed by atoms with Crippen molar-refractivity contribution in [1.29, 1.82) is 0 Å². The molecule has 0 aromatic heterocycles. The van der Waals surface area contributed by atoms with Gasteiger partial charge >= 0.3 is 0 Å². The molecule has 1 aromatic rings. The summed E-state index contributed by atoms with van der Waals surface area (Å²) < 4.78 is 0. The SMILES string of the molecule is CC(=O)[C@@](C)([13CH3])Cc1ccccc1. The Balaban J connectivity index is 2.75. The average molecular weight is 177 g/mol. The Labute approximate surface area is 79.8 Å². The van der Waals surface area contributed by atoms with Gasteiger partial charge in [-0.1, -0.05) is 44.2 Å². The summed E-state index contributed by atoms with van der Waals surface area (Å²) in [4.78, 5) is 11.3. The molecule has 1 atom stereocenters. The molecule has 1 aromatic carbocycles. The van der Waals surface area contributed by atoms with Gasteiger partial charge in [-0.3, -0.25) is 4.79 Å². The van der Waals surface area contributed by atoms with Crippen LogP contribution in [0.4, 0.5) is 0 Å². The lowest BCUT2D eigenvalue weighted by Gasteiger charge is -2.20. The quantitative estimate of drug-likeness (QED) is 0.649. The highest BCUT2D eigenvalue weighted by molar-refractivity contribution is 5.81. The molecule has 0 unspecified atom stereocenters. The van der Waals surface area contributed by atoms with Crippen LogP contribution >= 0.6 is 0 Å². The summed E-state index contributed by atoms with van der Waals surface area (Å²) in [6.45, 7) is 5.63. The van der Waals surface area contributed by atoms with E-state index in [2.05, 4.69) is 12.1 Å². The number of Topliss-reactive ketones (excluding diaryl/α,β-unsaturated/α-hetero) is 1. The predicted molar refractivity (Wildman–Crippen MR) is 54.6 cm³/mol. The molecule has 0 saturated heterocycles. The van der Waals surface area contributed by atoms with Crippen molar-refractivity contribution in [2.24, 2.45) is 5.41 Å². The van der Waals surface area contributed by atoms with Crippen molar-refractivity contribution in [2.75, 3.05) is 0 Å². The van der Waals surface area contributed by atoms with Gasteiger partial charge in [0, 0.05) is 5.41 Å². The number of ketones is 1. The minimum atomic E-state index is -0.235. The summed E-state index contributed by atoms with van der Waals surface area (Å²) in [6, 6.07) is 10.1. The molecule has 1 nitrogen and oxygen atoms in total. The second-order valence-corrected chi connectivity index (χ2v) is 4.10. The third-order valence-corrected chi connectivity index (χ3v) is 2.44. The number of carbonyl (C=O) groups excluding carboxylic acids is 1. The normalized spacial score (nSPS) is 15.0. The number of benzene rings is 1. The van der Waals surface area contributed by atoms with Crippen molar-refractivity contribution < 1.29 is 4.79 Å². The molecule has 0 radical (unpaired) electrons. The predicted octanol–water partition coefficient (Wildman–Crippen LogP) is 2.84. The maximum absolute atomic E-state index is 11.3. The fourth-order valence-corrected chi connectivity index (χ4v) is 1.23. The molecule has 0 amide bonds. The van der Waals surface area contributed by atoms with Gasteiger partial charge < -0.3 is 0 Å². The third kappa shape index (κ3) is 2.69. The summed E-state index contributed by atoms with van der Waals surface area (Å²) in [5, 5.41) is 0. The van der Waals surface area contributed by atoms with E-state index in [9.17, 15) is 4.79 Å². The van der Waals surface area contributed by atoms with E-state index in [-0.39, 0.29) is 11.2 Å². The first-order chi connectivity index (χ1) is 6.02. The van der Waals surface area contributed by atoms with Crippen molar-refractivity contribution >= 4 is 5.78 Å². The molecule has 0 N–H and O–H groups in total. The largest absolute Gasteiger partial charge is 0.299 e. The molecular weight excluding hydrogens is 161 g/mol. The van der Waals surface area contributed by atoms with Crippen molar-refractivity contribution in [2.45, 2.75) is 27.2 Å². The Kier molecular flexibility index (Phi) is 2.86. The summed E-state index contributed by atoms with van der Waals surface area (Å²) in [7, 11) is 0. The van der Waals surface area contributed by atoms with Crippen LogP contribution in [-0.4, -0.2) is 5.78 Å². The first kappa shape index (κ1) is 9.97. The highest BCUT2D eigenvalue weighted by atomic mass is 16.1. The fraction of sp³-hybridized carbons (Fsp3) is 0.417. The van der Waals surface area contributed by atoms with Crippen LogP contribution in [-0.2, 0) is 11.2 Å². The monoisotopic (exact) mass is 177 g/mol. The highest BCUT2D eigenvalue weighted by Gasteiger charge is 2.23. The van der Waals surface area contributed by atoms with E-state index in [4.69, 9.17) is 0 Å². The second kappa shape index (κ2) is 3.73. The molecule has 0 aliphatic rings. The van der Waals surface area contributed by atoms with Crippen LogP contribution < -0.4 is 0 Å². The van der Waals surface area contributed by atoms with Crippen LogP contribution in [0.5, 0.6) is 0 Å². The summed E-state index contributed by atoms with van der Waals surface area (Å²) in [5.41, 5.74) is 0.990. The lowest BCUT2D eigenvalue weighted by Crippen LogP contribution is -2.23. The van der Waals surface area contributed by atoms with Gasteiger partial charge in [-0.05, 0) is 18.9 Å². The van der Waals surface area contributed by atoms with Crippen LogP contribution in [0, 0.1) is 5.41 Å². The third-order valence-electron chi connectivity index (χ3n) is 2.44. The molecule has 0 fully saturated rings. The molecule has 70 valence electrons. The Morgan fingerprint density at radius 3 is 2.23 bits per heavy atom. The van der Waals surface area contributed by atoms with E-state index in [1.807, 2.05) is 32.0 Å². The van der Waals surface area contributed by atoms with E-state index in [1.165, 1.54) is 5.56 Å². The van der Waals surface area contributed by atoms with E-state index in [1.54, 1.807) is 6.92 Å². The zero-order valence-corrected chi connectivity index (χ0v) is 8.50. The van der Waals surface area contributed by atoms with E-state index >= 15 is 0 Å². The van der Waals surface area contributed by atoms with Gasteiger partial charge in [0.15, 0.2) is 0 Å². The maximum Gasteiger partial charge on any atom is 0.135 e. The zero-order chi connectivity index (χ0) is 9.90. The molecule has 0 spiro atoms. The lowest BCUT2D eigenvalue weighted by molar-refractivity contribution is -0.124. The molecule has 0 aliphatic carbocycles. The first-order valence-electron chi connectivity index (χ1n) is 4.57. The van der Waals surface area contributed by atoms with Crippen molar-refractivity contribution in [3.8, 4) is 0 Å². The van der Waals surface area contributed by atoms with Crippen molar-refractivity contribution in [1.82, 2.24) is 0 Å². The van der Waals surface area contributed by atoms with Crippen LogP contribution in [0.15, 0.2) is 30.3 Å². The molecule has 0 saturated carbocycles. The number of hydrogen-bond donors (Lipinski definition) is 0. The fourth-order valence-electron chi connectivity index (χ4n) is 1.23. The van der Waals surface area contributed by atoms with Crippen LogP contribution in [0.25, 0.3) is 0 Å². The van der Waals surface area contributed by atoms with Gasteiger partial charge in [0.2, 0.25) is 0 Å². The first-order valence-corrected chi connectivity index (χ1v) is 4.57. The standard InChI is InChI=1S/C12H16O/c1-10(13)12(2,3)9-11-7-5-4-6-8-11/h4-8H,9H2,1-3H3/i2+1/t12-/m1/s1. The van der Waals surface area contributed by atoms with E-state index < -0.39 is 0 Å². The molecule has 13 heavy (non-hydrogen) atoms. The summed E-state index contributed by atoms with van der Waals surface area (Å²) in [6.07, 6.45) is 0.823. The Morgan fingerprint density at radius 2 is 1.77 bits per heavy atom. The lowest BCUT2D eigenvalue weighted by atomic mass is 9.88. The molecule has 0 heterocycles. The molecular formula is C12H16O. The Bertz CT molecular complexity index is 285. The van der Waals surface area contributed by atoms with Crippen LogP contribution in [0.1, 0.15) is 26.3 Å². The van der Waals surface area contributed by atoms with E-state index in [0.717, 1.165) is 6.42 Å². The molecule has 1 rings (SSSR count). The minimum Gasteiger partial charge on any atom is -0.299 e. The number of carbonyl (C=O) groups is 1. The molecule has 1 heteroatoms. The van der Waals surface area contributed by atoms with Crippen molar-refractivity contribution in [3.05, 3.63) is 35.9 Å². The van der Waals surface area contributed by atoms with Gasteiger partial charge in [0.05, 0.1) is 0 Å². The van der Waals surface area contributed by atoms with Crippen LogP contribution in [0.3, 0.4) is 0 Å². The maximum atomic E-state index is 11.3. The van der Waals surface area contributed by atoms with Crippen molar-refractivity contribution in [3.63, 3.8) is 0 Å².